The average Bonchev–Trinajstić information content (AvgIpc) is 3.04. The Balaban J connectivity index is 1.90. The molecule has 1 rings (SSSR count). The van der Waals surface area contributed by atoms with E-state index < -0.39 is 11.6 Å². The summed E-state index contributed by atoms with van der Waals surface area (Å²) in [6.45, 7) is 3.61. The molecular formula is C26H45NO6. The van der Waals surface area contributed by atoms with Crippen molar-refractivity contribution in [3.8, 4) is 0 Å². The average molecular weight is 468 g/mol. The highest BCUT2D eigenvalue weighted by molar-refractivity contribution is 6.02. The number of hydrogen-bond donors (Lipinski definition) is 1. The van der Waals surface area contributed by atoms with Gasteiger partial charge in [0.05, 0.1) is 6.54 Å². The van der Waals surface area contributed by atoms with Crippen molar-refractivity contribution in [2.45, 2.75) is 135 Å². The summed E-state index contributed by atoms with van der Waals surface area (Å²) in [5, 5.41) is 8.59. The number of rotatable bonds is 20. The van der Waals surface area contributed by atoms with Gasteiger partial charge in [-0.25, -0.2) is 0 Å². The number of carboxylic acids is 1. The molecule has 0 unspecified atom stereocenters. The SMILES string of the molecule is CC(C)(CN1C(=O)CCC1=O)OC(=O)CCCCCCCCCCCCCCCCC(=O)O. The molecule has 33 heavy (non-hydrogen) atoms. The summed E-state index contributed by atoms with van der Waals surface area (Å²) in [6, 6.07) is 0. The molecule has 0 aromatic heterocycles. The van der Waals surface area contributed by atoms with Gasteiger partial charge >= 0.3 is 11.9 Å². The van der Waals surface area contributed by atoms with Gasteiger partial charge in [0, 0.05) is 25.7 Å². The Kier molecular flexibility index (Phi) is 14.7. The topological polar surface area (TPSA) is 101 Å². The molecule has 0 radical (unpaired) electrons. The van der Waals surface area contributed by atoms with Crippen molar-refractivity contribution in [3.05, 3.63) is 0 Å². The molecule has 1 fully saturated rings. The second kappa shape index (κ2) is 16.7. The zero-order valence-electron chi connectivity index (χ0n) is 20.9. The number of amides is 2. The predicted molar refractivity (Wildman–Crippen MR) is 128 cm³/mol. The van der Waals surface area contributed by atoms with Crippen LogP contribution in [0.2, 0.25) is 0 Å². The number of likely N-dealkylation sites (tertiary alicyclic amines) is 1. The molecule has 0 spiro atoms. The number of ether oxygens (including phenoxy) is 1. The summed E-state index contributed by atoms with van der Waals surface area (Å²) in [6.07, 6.45) is 17.1. The third-order valence-electron chi connectivity index (χ3n) is 6.11. The standard InChI is InChI=1S/C26H45NO6/c1-26(2,21-27-22(28)19-20-23(27)29)33-25(32)18-16-14-12-10-8-6-4-3-5-7-9-11-13-15-17-24(30)31/h3-21H2,1-2H3,(H,30,31). The summed E-state index contributed by atoms with van der Waals surface area (Å²) in [7, 11) is 0. The number of carbonyl (C=O) groups excluding carboxylic acids is 3. The fourth-order valence-electron chi connectivity index (χ4n) is 4.24. The molecule has 7 nitrogen and oxygen atoms in total. The highest BCUT2D eigenvalue weighted by Gasteiger charge is 2.35. The maximum atomic E-state index is 12.1. The summed E-state index contributed by atoms with van der Waals surface area (Å²) in [5.41, 5.74) is -0.854. The highest BCUT2D eigenvalue weighted by Crippen LogP contribution is 2.20. The maximum Gasteiger partial charge on any atom is 0.306 e. The number of hydrogen-bond acceptors (Lipinski definition) is 5. The number of aliphatic carboxylic acids is 1. The molecule has 1 saturated heterocycles. The van der Waals surface area contributed by atoms with E-state index in [2.05, 4.69) is 0 Å². The van der Waals surface area contributed by atoms with Gasteiger partial charge in [0.1, 0.15) is 5.60 Å². The van der Waals surface area contributed by atoms with Gasteiger partial charge in [0.2, 0.25) is 11.8 Å². The first-order chi connectivity index (χ1) is 15.7. The lowest BCUT2D eigenvalue weighted by atomic mass is 10.0. The number of esters is 1. The summed E-state index contributed by atoms with van der Waals surface area (Å²) < 4.78 is 5.52. The first kappa shape index (κ1) is 29.1. The molecule has 1 heterocycles. The largest absolute Gasteiger partial charge is 0.481 e. The third-order valence-corrected chi connectivity index (χ3v) is 6.11. The normalized spacial score (nSPS) is 14.2. The summed E-state index contributed by atoms with van der Waals surface area (Å²) in [4.78, 5) is 47.3. The van der Waals surface area contributed by atoms with Gasteiger partial charge in [0.15, 0.2) is 0 Å². The van der Waals surface area contributed by atoms with Gasteiger partial charge in [-0.3, -0.25) is 24.1 Å². The quantitative estimate of drug-likeness (QED) is 0.138. The van der Waals surface area contributed by atoms with Crippen molar-refractivity contribution in [1.82, 2.24) is 4.90 Å². The Labute approximate surface area is 199 Å². The number of carboxylic acid groups (broad SMARTS) is 1. The first-order valence-electron chi connectivity index (χ1n) is 13.0. The van der Waals surface area contributed by atoms with Crippen LogP contribution in [-0.4, -0.2) is 45.9 Å². The minimum Gasteiger partial charge on any atom is -0.481 e. The van der Waals surface area contributed by atoms with Crippen LogP contribution >= 0.6 is 0 Å². The van der Waals surface area contributed by atoms with Crippen molar-refractivity contribution >= 4 is 23.8 Å². The van der Waals surface area contributed by atoms with E-state index in [4.69, 9.17) is 9.84 Å². The van der Waals surface area contributed by atoms with E-state index in [1.165, 1.54) is 56.3 Å². The van der Waals surface area contributed by atoms with Gasteiger partial charge in [0.25, 0.3) is 0 Å². The van der Waals surface area contributed by atoms with Crippen LogP contribution in [0.3, 0.4) is 0 Å². The van der Waals surface area contributed by atoms with Crippen molar-refractivity contribution in [3.63, 3.8) is 0 Å². The van der Waals surface area contributed by atoms with Crippen LogP contribution < -0.4 is 0 Å². The lowest BCUT2D eigenvalue weighted by Gasteiger charge is -2.29. The van der Waals surface area contributed by atoms with Gasteiger partial charge in [-0.15, -0.1) is 0 Å². The molecular weight excluding hydrogens is 422 g/mol. The number of unbranched alkanes of at least 4 members (excludes halogenated alkanes) is 13. The molecule has 7 heteroatoms. The lowest BCUT2D eigenvalue weighted by molar-refractivity contribution is -0.162. The predicted octanol–water partition coefficient (Wildman–Crippen LogP) is 5.78. The minimum absolute atomic E-state index is 0.128. The van der Waals surface area contributed by atoms with E-state index >= 15 is 0 Å². The second-order valence-electron chi connectivity index (χ2n) is 9.95. The second-order valence-corrected chi connectivity index (χ2v) is 9.95. The van der Waals surface area contributed by atoms with Crippen LogP contribution in [0.5, 0.6) is 0 Å². The van der Waals surface area contributed by atoms with Crippen LogP contribution in [0.25, 0.3) is 0 Å². The van der Waals surface area contributed by atoms with Crippen molar-refractivity contribution in [1.29, 1.82) is 0 Å². The Morgan fingerprint density at radius 3 is 1.48 bits per heavy atom. The number of nitrogens with zero attached hydrogens (tertiary/aromatic N) is 1. The Morgan fingerprint density at radius 1 is 0.727 bits per heavy atom. The zero-order valence-corrected chi connectivity index (χ0v) is 20.9. The Morgan fingerprint density at radius 2 is 1.09 bits per heavy atom. The first-order valence-corrected chi connectivity index (χ1v) is 13.0. The zero-order chi connectivity index (χ0) is 24.5. The van der Waals surface area contributed by atoms with E-state index in [0.717, 1.165) is 38.5 Å². The third kappa shape index (κ3) is 14.8. The molecule has 0 aliphatic carbocycles. The number of imide groups is 1. The minimum atomic E-state index is -0.854. The van der Waals surface area contributed by atoms with Crippen molar-refractivity contribution in [2.75, 3.05) is 6.54 Å². The van der Waals surface area contributed by atoms with Crippen LogP contribution in [-0.2, 0) is 23.9 Å². The van der Waals surface area contributed by atoms with E-state index in [1.54, 1.807) is 13.8 Å². The molecule has 0 aromatic carbocycles. The van der Waals surface area contributed by atoms with E-state index in [9.17, 15) is 19.2 Å². The molecule has 0 saturated carbocycles. The Bertz CT molecular complexity index is 600. The van der Waals surface area contributed by atoms with Gasteiger partial charge in [-0.05, 0) is 26.7 Å². The fourth-order valence-corrected chi connectivity index (χ4v) is 4.24. The van der Waals surface area contributed by atoms with Gasteiger partial charge in [-0.1, -0.05) is 77.0 Å². The van der Waals surface area contributed by atoms with E-state index in [0.29, 0.717) is 12.8 Å². The molecule has 1 aliphatic rings. The van der Waals surface area contributed by atoms with Gasteiger partial charge in [-0.2, -0.15) is 0 Å². The molecule has 0 aromatic rings. The molecule has 0 bridgehead atoms. The van der Waals surface area contributed by atoms with E-state index in [1.807, 2.05) is 0 Å². The number of carbonyl (C=O) groups is 4. The van der Waals surface area contributed by atoms with Crippen LogP contribution in [0, 0.1) is 0 Å². The van der Waals surface area contributed by atoms with Crippen LogP contribution in [0.1, 0.15) is 129 Å². The highest BCUT2D eigenvalue weighted by atomic mass is 16.6. The maximum absolute atomic E-state index is 12.1. The van der Waals surface area contributed by atoms with Crippen molar-refractivity contribution in [2.24, 2.45) is 0 Å². The van der Waals surface area contributed by atoms with Crippen LogP contribution in [0.4, 0.5) is 0 Å². The Hall–Kier alpha value is -1.92. The van der Waals surface area contributed by atoms with E-state index in [-0.39, 0.29) is 37.2 Å². The molecule has 1 N–H and O–H groups in total. The lowest BCUT2D eigenvalue weighted by Crippen LogP contribution is -2.44. The van der Waals surface area contributed by atoms with Crippen LogP contribution in [0.15, 0.2) is 0 Å². The molecule has 2 amide bonds. The van der Waals surface area contributed by atoms with Crippen molar-refractivity contribution < 1.29 is 29.0 Å². The summed E-state index contributed by atoms with van der Waals surface area (Å²) in [5.74, 6) is -1.33. The monoisotopic (exact) mass is 467 g/mol. The summed E-state index contributed by atoms with van der Waals surface area (Å²) >= 11 is 0. The molecule has 190 valence electrons. The fraction of sp³-hybridized carbons (Fsp3) is 0.846. The molecule has 0 atom stereocenters. The molecule has 1 aliphatic heterocycles. The van der Waals surface area contributed by atoms with Gasteiger partial charge < -0.3 is 9.84 Å². The smallest absolute Gasteiger partial charge is 0.306 e.